The topological polar surface area (TPSA) is 49.5 Å². The third kappa shape index (κ3) is 7.60. The molecule has 1 atom stereocenters. The van der Waals surface area contributed by atoms with Crippen molar-refractivity contribution in [2.24, 2.45) is 16.2 Å². The Hall–Kier alpha value is -1.79. The summed E-state index contributed by atoms with van der Waals surface area (Å²) in [7, 11) is 0. The van der Waals surface area contributed by atoms with Gasteiger partial charge in [-0.3, -0.25) is 4.90 Å². The molecule has 0 saturated heterocycles. The van der Waals surface area contributed by atoms with Crippen molar-refractivity contribution in [3.63, 3.8) is 0 Å². The molecule has 0 saturated carbocycles. The number of rotatable bonds is 5. The second-order valence-electron chi connectivity index (χ2n) is 16.4. The van der Waals surface area contributed by atoms with Gasteiger partial charge >= 0.3 is 6.09 Å². The van der Waals surface area contributed by atoms with Crippen molar-refractivity contribution in [2.75, 3.05) is 0 Å². The number of carbonyl (C=O) groups excluding carboxylic acids is 1. The molecule has 1 aromatic rings. The first-order valence-electron chi connectivity index (χ1n) is 14.7. The summed E-state index contributed by atoms with van der Waals surface area (Å²) in [5.74, 6) is 1.20. The van der Waals surface area contributed by atoms with E-state index in [0.717, 1.165) is 28.0 Å². The summed E-state index contributed by atoms with van der Waals surface area (Å²) in [6, 6.07) is 4.42. The number of benzene rings is 1. The maximum atomic E-state index is 12.7. The molecule has 1 aliphatic carbocycles. The van der Waals surface area contributed by atoms with Crippen LogP contribution in [0.1, 0.15) is 121 Å². The number of ether oxygens (including phenoxy) is 1. The molecule has 228 valence electrons. The lowest BCUT2D eigenvalue weighted by Crippen LogP contribution is -2.38. The van der Waals surface area contributed by atoms with Gasteiger partial charge in [-0.25, -0.2) is 4.79 Å². The largest absolute Gasteiger partial charge is 0.511 e. The van der Waals surface area contributed by atoms with E-state index in [1.54, 1.807) is 12.4 Å². The fraction of sp³-hybridized carbons (Fsp3) is 0.629. The van der Waals surface area contributed by atoms with Crippen molar-refractivity contribution < 1.29 is 14.6 Å². The minimum absolute atomic E-state index is 0.103. The Labute approximate surface area is 258 Å². The monoisotopic (exact) mass is 599 g/mol. The normalized spacial score (nSPS) is 20.4. The van der Waals surface area contributed by atoms with E-state index in [-0.39, 0.29) is 37.2 Å². The smallest absolute Gasteiger partial charge is 0.423 e. The molecule has 1 heterocycles. The fourth-order valence-corrected chi connectivity index (χ4v) is 7.93. The summed E-state index contributed by atoms with van der Waals surface area (Å²) >= 11 is 3.73. The average molecular weight is 600 g/mol. The Morgan fingerprint density at radius 3 is 1.71 bits per heavy atom. The van der Waals surface area contributed by atoms with E-state index in [4.69, 9.17) is 4.74 Å². The molecule has 1 aromatic carbocycles. The Balaban J connectivity index is 2.04. The van der Waals surface area contributed by atoms with Crippen LogP contribution in [0.4, 0.5) is 4.79 Å². The number of aliphatic hydroxyl groups excluding tert-OH is 1. The average Bonchev–Trinajstić information content (AvgIpc) is 3.58. The van der Waals surface area contributed by atoms with Crippen LogP contribution < -0.4 is 4.74 Å². The summed E-state index contributed by atoms with van der Waals surface area (Å²) in [5, 5.41) is 11.5. The minimum Gasteiger partial charge on any atom is -0.511 e. The SMILES string of the molecule is CC(C)(SC1=CC(C(C)(C)C)=C(O)C(C)(C(C)(C)C)C1)Sc1cc(C(C)(C)C)c(OC(=O)N2C=C2)c(C(C)(C)C)c1. The van der Waals surface area contributed by atoms with Crippen molar-refractivity contribution >= 4 is 29.6 Å². The van der Waals surface area contributed by atoms with Gasteiger partial charge in [0.25, 0.3) is 0 Å². The summed E-state index contributed by atoms with van der Waals surface area (Å²) in [5.41, 5.74) is 2.02. The van der Waals surface area contributed by atoms with Crippen LogP contribution in [0.2, 0.25) is 0 Å². The molecule has 0 aromatic heterocycles. The Bertz CT molecular complexity index is 1250. The lowest BCUT2D eigenvalue weighted by Gasteiger charge is -2.47. The maximum absolute atomic E-state index is 12.7. The zero-order chi connectivity index (χ0) is 31.6. The highest BCUT2D eigenvalue weighted by Gasteiger charge is 2.47. The van der Waals surface area contributed by atoms with Gasteiger partial charge in [-0.05, 0) is 70.6 Å². The molecular weight excluding hydrogens is 547 g/mol. The number of hydrogen-bond donors (Lipinski definition) is 1. The number of carbonyl (C=O) groups is 1. The van der Waals surface area contributed by atoms with Gasteiger partial charge in [-0.15, -0.1) is 23.5 Å². The van der Waals surface area contributed by atoms with Crippen LogP contribution in [0.5, 0.6) is 5.75 Å². The van der Waals surface area contributed by atoms with Gasteiger partial charge in [0.2, 0.25) is 0 Å². The zero-order valence-corrected chi connectivity index (χ0v) is 29.8. The van der Waals surface area contributed by atoms with Crippen LogP contribution >= 0.6 is 23.5 Å². The van der Waals surface area contributed by atoms with Crippen molar-refractivity contribution in [3.8, 4) is 5.75 Å². The molecule has 1 aliphatic heterocycles. The number of hydrogen-bond acceptors (Lipinski definition) is 5. The summed E-state index contributed by atoms with van der Waals surface area (Å²) < 4.78 is 5.85. The number of nitrogens with zero attached hydrogens (tertiary/aromatic N) is 1. The predicted molar refractivity (Wildman–Crippen MR) is 178 cm³/mol. The molecule has 3 rings (SSSR count). The molecule has 4 nitrogen and oxygen atoms in total. The molecular formula is C35H53NO3S2. The number of allylic oxidation sites excluding steroid dienone is 4. The van der Waals surface area contributed by atoms with Crippen LogP contribution in [0.25, 0.3) is 0 Å². The van der Waals surface area contributed by atoms with Gasteiger partial charge in [0.15, 0.2) is 0 Å². The number of aliphatic hydroxyl groups is 1. The van der Waals surface area contributed by atoms with Gasteiger partial charge in [0.1, 0.15) is 11.5 Å². The van der Waals surface area contributed by atoms with Gasteiger partial charge in [0, 0.05) is 33.8 Å². The quantitative estimate of drug-likeness (QED) is 0.269. The predicted octanol–water partition coefficient (Wildman–Crippen LogP) is 11.3. The highest BCUT2D eigenvalue weighted by Crippen LogP contribution is 2.58. The minimum atomic E-state index is -0.366. The number of thioether (sulfide) groups is 2. The van der Waals surface area contributed by atoms with Crippen LogP contribution in [0, 0.1) is 16.2 Å². The third-order valence-corrected chi connectivity index (χ3v) is 10.7. The second kappa shape index (κ2) is 10.7. The molecule has 2 aliphatic rings. The first-order valence-corrected chi connectivity index (χ1v) is 16.3. The van der Waals surface area contributed by atoms with Crippen LogP contribution in [-0.2, 0) is 10.8 Å². The first-order chi connectivity index (χ1) is 18.3. The number of amides is 1. The lowest BCUT2D eigenvalue weighted by molar-refractivity contribution is 0.0872. The van der Waals surface area contributed by atoms with E-state index in [2.05, 4.69) is 122 Å². The van der Waals surface area contributed by atoms with Crippen LogP contribution in [0.3, 0.4) is 0 Å². The molecule has 0 spiro atoms. The Morgan fingerprint density at radius 2 is 1.32 bits per heavy atom. The second-order valence-corrected chi connectivity index (χ2v) is 20.1. The molecule has 0 fully saturated rings. The molecule has 6 heteroatoms. The first kappa shape index (κ1) is 33.7. The van der Waals surface area contributed by atoms with Crippen LogP contribution in [-0.4, -0.2) is 20.2 Å². The van der Waals surface area contributed by atoms with E-state index in [0.29, 0.717) is 11.5 Å². The van der Waals surface area contributed by atoms with E-state index in [1.165, 1.54) is 9.81 Å². The lowest BCUT2D eigenvalue weighted by atomic mass is 9.61. The Morgan fingerprint density at radius 1 is 0.829 bits per heavy atom. The summed E-state index contributed by atoms with van der Waals surface area (Å²) in [6.07, 6.45) is 6.10. The van der Waals surface area contributed by atoms with Crippen molar-refractivity contribution in [1.82, 2.24) is 4.90 Å². The molecule has 1 unspecified atom stereocenters. The molecule has 0 radical (unpaired) electrons. The molecule has 1 N–H and O–H groups in total. The molecule has 1 amide bonds. The van der Waals surface area contributed by atoms with E-state index in [9.17, 15) is 9.90 Å². The highest BCUT2D eigenvalue weighted by molar-refractivity contribution is 8.20. The molecule has 0 bridgehead atoms. The van der Waals surface area contributed by atoms with Gasteiger partial charge < -0.3 is 9.84 Å². The summed E-state index contributed by atoms with van der Waals surface area (Å²) in [4.78, 5) is 16.6. The van der Waals surface area contributed by atoms with Gasteiger partial charge in [0.05, 0.1) is 4.08 Å². The zero-order valence-electron chi connectivity index (χ0n) is 28.1. The summed E-state index contributed by atoms with van der Waals surface area (Å²) in [6.45, 7) is 33.0. The molecule has 41 heavy (non-hydrogen) atoms. The van der Waals surface area contributed by atoms with Crippen molar-refractivity contribution in [2.45, 2.75) is 130 Å². The van der Waals surface area contributed by atoms with Crippen molar-refractivity contribution in [3.05, 3.63) is 58.0 Å². The van der Waals surface area contributed by atoms with Crippen LogP contribution in [0.15, 0.2) is 51.7 Å². The maximum Gasteiger partial charge on any atom is 0.423 e. The van der Waals surface area contributed by atoms with E-state index < -0.39 is 0 Å². The van der Waals surface area contributed by atoms with E-state index in [1.807, 2.05) is 23.5 Å². The van der Waals surface area contributed by atoms with Gasteiger partial charge in [-0.1, -0.05) is 90.0 Å². The van der Waals surface area contributed by atoms with Crippen molar-refractivity contribution in [1.29, 1.82) is 0 Å². The third-order valence-electron chi connectivity index (χ3n) is 8.19. The Kier molecular flexibility index (Phi) is 8.82. The standard InChI is InChI=1S/C35H53NO3S2/c1-30(2,3)24-18-22(19-25(31(4,5)6)27(24)39-29(38)36-16-17-36)40-34(13,14)41-23-20-26(32(7,8)9)28(37)35(15,21-23)33(10,11)12/h16-20,37H,21H2,1-15H3. The van der Waals surface area contributed by atoms with Gasteiger partial charge in [-0.2, -0.15) is 0 Å². The highest BCUT2D eigenvalue weighted by atomic mass is 32.2. The fourth-order valence-electron chi connectivity index (χ4n) is 5.07. The van der Waals surface area contributed by atoms with E-state index >= 15 is 0 Å².